The van der Waals surface area contributed by atoms with Crippen LogP contribution in [0.1, 0.15) is 15.9 Å². The van der Waals surface area contributed by atoms with Gasteiger partial charge in [-0.1, -0.05) is 11.6 Å². The summed E-state index contributed by atoms with van der Waals surface area (Å²) in [4.78, 5) is 11.6. The van der Waals surface area contributed by atoms with Crippen molar-refractivity contribution in [1.82, 2.24) is 5.32 Å². The maximum absolute atomic E-state index is 12.0. The fraction of sp³-hybridized carbons (Fsp3) is 0.364. The van der Waals surface area contributed by atoms with Crippen molar-refractivity contribution >= 4 is 21.8 Å². The van der Waals surface area contributed by atoms with Gasteiger partial charge in [0, 0.05) is 11.0 Å². The van der Waals surface area contributed by atoms with E-state index in [1.54, 1.807) is 12.1 Å². The third-order valence-electron chi connectivity index (χ3n) is 2.13. The number of carbonyl (C=O) groups excluding carboxylic acids is 1. The molecule has 0 aliphatic heterocycles. The molecule has 1 atom stereocenters. The highest BCUT2D eigenvalue weighted by molar-refractivity contribution is 9.10. The Morgan fingerprint density at radius 3 is 2.76 bits per heavy atom. The lowest BCUT2D eigenvalue weighted by Gasteiger charge is -2.11. The predicted octanol–water partition coefficient (Wildman–Crippen LogP) is 2.11. The molecule has 0 aliphatic rings. The molecule has 1 amide bonds. The van der Waals surface area contributed by atoms with E-state index < -0.39 is 25.0 Å². The van der Waals surface area contributed by atoms with Crippen LogP contribution in [-0.2, 0) is 0 Å². The summed E-state index contributed by atoms with van der Waals surface area (Å²) in [5.74, 6) is -0.500. The maximum Gasteiger partial charge on any atom is 0.265 e. The van der Waals surface area contributed by atoms with Crippen molar-refractivity contribution < 1.29 is 18.7 Å². The summed E-state index contributed by atoms with van der Waals surface area (Å²) in [5, 5.41) is 11.1. The van der Waals surface area contributed by atoms with Crippen LogP contribution >= 0.6 is 15.9 Å². The number of hydrogen-bond donors (Lipinski definition) is 2. The van der Waals surface area contributed by atoms with E-state index in [0.717, 1.165) is 5.56 Å². The first-order valence-corrected chi connectivity index (χ1v) is 5.71. The highest BCUT2D eigenvalue weighted by atomic mass is 79.9. The summed E-state index contributed by atoms with van der Waals surface area (Å²) in [5.41, 5.74) is 1.24. The van der Waals surface area contributed by atoms with Gasteiger partial charge in [0.1, 0.15) is 6.10 Å². The van der Waals surface area contributed by atoms with Crippen LogP contribution in [0.3, 0.4) is 0 Å². The molecule has 2 N–H and O–H groups in total. The summed E-state index contributed by atoms with van der Waals surface area (Å²) in [7, 11) is 0. The van der Waals surface area contributed by atoms with Gasteiger partial charge in [-0.25, -0.2) is 8.78 Å². The maximum atomic E-state index is 12.0. The fourth-order valence-corrected chi connectivity index (χ4v) is 1.62. The minimum atomic E-state index is -2.86. The van der Waals surface area contributed by atoms with E-state index in [0.29, 0.717) is 10.0 Å². The minimum absolute atomic E-state index is 0.353. The van der Waals surface area contributed by atoms with Gasteiger partial charge in [-0.05, 0) is 35.0 Å². The number of amides is 1. The largest absolute Gasteiger partial charge is 0.385 e. The molecule has 0 bridgehead atoms. The highest BCUT2D eigenvalue weighted by Gasteiger charge is 2.18. The second kappa shape index (κ2) is 6.07. The van der Waals surface area contributed by atoms with Gasteiger partial charge in [-0.2, -0.15) is 0 Å². The Morgan fingerprint density at radius 2 is 2.18 bits per heavy atom. The number of rotatable bonds is 4. The molecular weight excluding hydrogens is 296 g/mol. The molecule has 0 saturated carbocycles. The van der Waals surface area contributed by atoms with E-state index in [-0.39, 0.29) is 0 Å². The van der Waals surface area contributed by atoms with Crippen LogP contribution in [0.2, 0.25) is 0 Å². The zero-order chi connectivity index (χ0) is 13.0. The predicted molar refractivity (Wildman–Crippen MR) is 63.2 cm³/mol. The van der Waals surface area contributed by atoms with Gasteiger partial charge in [-0.3, -0.25) is 4.79 Å². The number of alkyl halides is 2. The van der Waals surface area contributed by atoms with Crippen LogP contribution in [0.4, 0.5) is 8.78 Å². The van der Waals surface area contributed by atoms with Crippen LogP contribution in [0.5, 0.6) is 0 Å². The summed E-state index contributed by atoms with van der Waals surface area (Å²) in [6.07, 6.45) is -4.71. The molecule has 17 heavy (non-hydrogen) atoms. The molecule has 6 heteroatoms. The van der Waals surface area contributed by atoms with Gasteiger partial charge >= 0.3 is 0 Å². The SMILES string of the molecule is Cc1ccc(Br)c(C(=O)NCC(O)C(F)F)c1. The Labute approximate surface area is 106 Å². The Hall–Kier alpha value is -1.01. The third kappa shape index (κ3) is 4.05. The fourth-order valence-electron chi connectivity index (χ4n) is 1.19. The number of nitrogens with one attached hydrogen (secondary N) is 1. The van der Waals surface area contributed by atoms with Gasteiger partial charge in [0.2, 0.25) is 0 Å². The Bertz CT molecular complexity index is 412. The van der Waals surface area contributed by atoms with Crippen LogP contribution in [0.25, 0.3) is 0 Å². The second-order valence-electron chi connectivity index (χ2n) is 3.60. The molecule has 0 aromatic heterocycles. The molecule has 0 radical (unpaired) electrons. The number of hydrogen-bond acceptors (Lipinski definition) is 2. The topological polar surface area (TPSA) is 49.3 Å². The molecule has 0 heterocycles. The molecule has 1 rings (SSSR count). The third-order valence-corrected chi connectivity index (χ3v) is 2.82. The Balaban J connectivity index is 2.67. The van der Waals surface area contributed by atoms with Crippen molar-refractivity contribution in [3.05, 3.63) is 33.8 Å². The molecule has 1 aromatic carbocycles. The average molecular weight is 308 g/mol. The van der Waals surface area contributed by atoms with E-state index in [9.17, 15) is 13.6 Å². The molecule has 0 saturated heterocycles. The van der Waals surface area contributed by atoms with E-state index in [4.69, 9.17) is 5.11 Å². The molecule has 3 nitrogen and oxygen atoms in total. The molecular formula is C11H12BrF2NO2. The van der Waals surface area contributed by atoms with Gasteiger partial charge in [-0.15, -0.1) is 0 Å². The summed E-state index contributed by atoms with van der Waals surface area (Å²) < 4.78 is 24.6. The summed E-state index contributed by atoms with van der Waals surface area (Å²) >= 11 is 3.20. The lowest BCUT2D eigenvalue weighted by molar-refractivity contribution is -0.00270. The zero-order valence-corrected chi connectivity index (χ0v) is 10.7. The Morgan fingerprint density at radius 1 is 1.53 bits per heavy atom. The quantitative estimate of drug-likeness (QED) is 0.895. The first-order valence-electron chi connectivity index (χ1n) is 4.92. The average Bonchev–Trinajstić information content (AvgIpc) is 2.28. The standard InChI is InChI=1S/C11H12BrF2NO2/c1-6-2-3-8(12)7(4-6)11(17)15-5-9(16)10(13)14/h2-4,9-10,16H,5H2,1H3,(H,15,17). The van der Waals surface area contributed by atoms with Gasteiger partial charge in [0.05, 0.1) is 5.56 Å². The molecule has 0 spiro atoms. The number of benzene rings is 1. The Kier molecular flexibility index (Phi) is 5.02. The van der Waals surface area contributed by atoms with E-state index in [2.05, 4.69) is 21.2 Å². The van der Waals surface area contributed by atoms with E-state index in [1.807, 2.05) is 13.0 Å². The van der Waals surface area contributed by atoms with Crippen molar-refractivity contribution in [2.45, 2.75) is 19.5 Å². The van der Waals surface area contributed by atoms with E-state index in [1.165, 1.54) is 0 Å². The van der Waals surface area contributed by atoms with Gasteiger partial charge in [0.25, 0.3) is 12.3 Å². The number of aryl methyl sites for hydroxylation is 1. The molecule has 0 aliphatic carbocycles. The van der Waals surface area contributed by atoms with Crippen LogP contribution in [-0.4, -0.2) is 30.1 Å². The smallest absolute Gasteiger partial charge is 0.265 e. The first-order chi connectivity index (χ1) is 7.91. The monoisotopic (exact) mass is 307 g/mol. The lowest BCUT2D eigenvalue weighted by Crippen LogP contribution is -2.36. The number of carbonyl (C=O) groups is 1. The van der Waals surface area contributed by atoms with Crippen molar-refractivity contribution in [2.75, 3.05) is 6.54 Å². The number of aliphatic hydroxyl groups excluding tert-OH is 1. The first kappa shape index (κ1) is 14.1. The molecule has 1 unspecified atom stereocenters. The molecule has 0 fully saturated rings. The highest BCUT2D eigenvalue weighted by Crippen LogP contribution is 2.17. The van der Waals surface area contributed by atoms with Crippen LogP contribution < -0.4 is 5.32 Å². The van der Waals surface area contributed by atoms with Crippen LogP contribution in [0, 0.1) is 6.92 Å². The van der Waals surface area contributed by atoms with Gasteiger partial charge in [0.15, 0.2) is 0 Å². The van der Waals surface area contributed by atoms with Crippen molar-refractivity contribution in [3.8, 4) is 0 Å². The van der Waals surface area contributed by atoms with Gasteiger partial charge < -0.3 is 10.4 Å². The van der Waals surface area contributed by atoms with Crippen molar-refractivity contribution in [3.63, 3.8) is 0 Å². The minimum Gasteiger partial charge on any atom is -0.385 e. The number of halogens is 3. The second-order valence-corrected chi connectivity index (χ2v) is 4.45. The van der Waals surface area contributed by atoms with Crippen molar-refractivity contribution in [1.29, 1.82) is 0 Å². The zero-order valence-electron chi connectivity index (χ0n) is 9.08. The summed E-state index contributed by atoms with van der Waals surface area (Å²) in [6, 6.07) is 5.15. The molecule has 1 aromatic rings. The number of aliphatic hydroxyl groups is 1. The summed E-state index contributed by atoms with van der Waals surface area (Å²) in [6.45, 7) is 1.34. The van der Waals surface area contributed by atoms with E-state index >= 15 is 0 Å². The lowest BCUT2D eigenvalue weighted by atomic mass is 10.1. The van der Waals surface area contributed by atoms with Crippen molar-refractivity contribution in [2.24, 2.45) is 0 Å². The molecule has 94 valence electrons. The van der Waals surface area contributed by atoms with Crippen LogP contribution in [0.15, 0.2) is 22.7 Å². The normalized spacial score (nSPS) is 12.6.